The molecule has 2 aromatic carbocycles. The number of carbonyl (C=O) groups is 1. The van der Waals surface area contributed by atoms with E-state index in [2.05, 4.69) is 5.32 Å². The van der Waals surface area contributed by atoms with Crippen LogP contribution in [-0.4, -0.2) is 5.91 Å². The van der Waals surface area contributed by atoms with Crippen LogP contribution in [0.1, 0.15) is 12.5 Å². The van der Waals surface area contributed by atoms with Crippen molar-refractivity contribution < 1.29 is 9.53 Å². The Morgan fingerprint density at radius 2 is 1.89 bits per heavy atom. The number of carbonyl (C=O) groups excluding carboxylic acids is 1. The molecule has 0 radical (unpaired) electrons. The Hall–Kier alpha value is -2.29. The predicted octanol–water partition coefficient (Wildman–Crippen LogP) is 3.75. The Balaban J connectivity index is 2.19. The summed E-state index contributed by atoms with van der Waals surface area (Å²) in [5.41, 5.74) is 1.80. The molecule has 0 saturated carbocycles. The molecular weight excluding hydrogens is 226 g/mol. The number of rotatable bonds is 3. The van der Waals surface area contributed by atoms with Gasteiger partial charge in [0.1, 0.15) is 11.5 Å². The van der Waals surface area contributed by atoms with Crippen LogP contribution in [0.4, 0.5) is 5.69 Å². The van der Waals surface area contributed by atoms with Crippen LogP contribution in [0.2, 0.25) is 0 Å². The van der Waals surface area contributed by atoms with E-state index in [0.717, 1.165) is 17.0 Å². The number of aryl methyl sites for hydroxylation is 1. The van der Waals surface area contributed by atoms with Gasteiger partial charge in [-0.2, -0.15) is 0 Å². The molecule has 0 bridgehead atoms. The van der Waals surface area contributed by atoms with Gasteiger partial charge in [-0.25, -0.2) is 0 Å². The van der Waals surface area contributed by atoms with Crippen molar-refractivity contribution >= 4 is 11.6 Å². The van der Waals surface area contributed by atoms with E-state index in [0.29, 0.717) is 5.75 Å². The largest absolute Gasteiger partial charge is 0.457 e. The van der Waals surface area contributed by atoms with Crippen molar-refractivity contribution in [2.45, 2.75) is 13.8 Å². The molecular formula is C15H15NO2. The fraction of sp³-hybridized carbons (Fsp3) is 0.133. The van der Waals surface area contributed by atoms with Crippen molar-refractivity contribution in [1.82, 2.24) is 0 Å². The Kier molecular flexibility index (Phi) is 3.63. The molecule has 0 fully saturated rings. The van der Waals surface area contributed by atoms with Gasteiger partial charge in [0.25, 0.3) is 0 Å². The van der Waals surface area contributed by atoms with Gasteiger partial charge in [-0.1, -0.05) is 24.3 Å². The second kappa shape index (κ2) is 5.36. The first-order valence-corrected chi connectivity index (χ1v) is 5.76. The normalized spacial score (nSPS) is 9.89. The van der Waals surface area contributed by atoms with Crippen molar-refractivity contribution in [2.24, 2.45) is 0 Å². The van der Waals surface area contributed by atoms with Crippen LogP contribution >= 0.6 is 0 Å². The van der Waals surface area contributed by atoms with E-state index in [1.165, 1.54) is 6.92 Å². The molecule has 0 aliphatic rings. The molecule has 0 aliphatic heterocycles. The highest BCUT2D eigenvalue weighted by molar-refractivity contribution is 5.88. The van der Waals surface area contributed by atoms with Gasteiger partial charge in [0.15, 0.2) is 0 Å². The first-order valence-electron chi connectivity index (χ1n) is 5.76. The number of hydrogen-bond acceptors (Lipinski definition) is 2. The lowest BCUT2D eigenvalue weighted by Crippen LogP contribution is -2.05. The molecule has 0 spiro atoms. The maximum absolute atomic E-state index is 11.0. The SMILES string of the molecule is CC(=O)Nc1cccc(Oc2ccccc2C)c1. The van der Waals surface area contributed by atoms with Gasteiger partial charge >= 0.3 is 0 Å². The number of benzene rings is 2. The van der Waals surface area contributed by atoms with Crippen molar-refractivity contribution in [3.05, 3.63) is 54.1 Å². The number of ether oxygens (including phenoxy) is 1. The lowest BCUT2D eigenvalue weighted by Gasteiger charge is -2.09. The molecule has 2 rings (SSSR count). The lowest BCUT2D eigenvalue weighted by atomic mass is 10.2. The minimum atomic E-state index is -0.0944. The first-order chi connectivity index (χ1) is 8.65. The monoisotopic (exact) mass is 241 g/mol. The molecule has 0 unspecified atom stereocenters. The summed E-state index contributed by atoms with van der Waals surface area (Å²) in [6.07, 6.45) is 0. The molecule has 2 aromatic rings. The summed E-state index contributed by atoms with van der Waals surface area (Å²) in [7, 11) is 0. The maximum Gasteiger partial charge on any atom is 0.221 e. The lowest BCUT2D eigenvalue weighted by molar-refractivity contribution is -0.114. The zero-order valence-corrected chi connectivity index (χ0v) is 10.4. The Morgan fingerprint density at radius 1 is 1.11 bits per heavy atom. The summed E-state index contributed by atoms with van der Waals surface area (Å²) in [6, 6.07) is 15.1. The van der Waals surface area contributed by atoms with Gasteiger partial charge in [0.05, 0.1) is 0 Å². The Bertz CT molecular complexity index is 564. The van der Waals surface area contributed by atoms with Gasteiger partial charge in [-0.15, -0.1) is 0 Å². The number of nitrogens with one attached hydrogen (secondary N) is 1. The summed E-state index contributed by atoms with van der Waals surface area (Å²) in [5, 5.41) is 2.73. The second-order valence-corrected chi connectivity index (χ2v) is 4.08. The molecule has 0 heterocycles. The van der Waals surface area contributed by atoms with Crippen molar-refractivity contribution in [3.63, 3.8) is 0 Å². The number of para-hydroxylation sites is 1. The van der Waals surface area contributed by atoms with E-state index in [1.807, 2.05) is 49.4 Å². The Morgan fingerprint density at radius 3 is 2.61 bits per heavy atom. The van der Waals surface area contributed by atoms with Gasteiger partial charge in [-0.3, -0.25) is 4.79 Å². The highest BCUT2D eigenvalue weighted by Crippen LogP contribution is 2.26. The molecule has 3 heteroatoms. The van der Waals surface area contributed by atoms with Crippen LogP contribution in [0, 0.1) is 6.92 Å². The van der Waals surface area contributed by atoms with E-state index in [1.54, 1.807) is 6.07 Å². The number of amides is 1. The van der Waals surface area contributed by atoms with Gasteiger partial charge in [0.2, 0.25) is 5.91 Å². The minimum Gasteiger partial charge on any atom is -0.457 e. The summed E-state index contributed by atoms with van der Waals surface area (Å²) >= 11 is 0. The molecule has 1 N–H and O–H groups in total. The highest BCUT2D eigenvalue weighted by atomic mass is 16.5. The molecule has 0 aliphatic carbocycles. The second-order valence-electron chi connectivity index (χ2n) is 4.08. The summed E-state index contributed by atoms with van der Waals surface area (Å²) in [6.45, 7) is 3.47. The minimum absolute atomic E-state index is 0.0944. The highest BCUT2D eigenvalue weighted by Gasteiger charge is 2.02. The summed E-state index contributed by atoms with van der Waals surface area (Å²) in [4.78, 5) is 11.0. The third-order valence-corrected chi connectivity index (χ3v) is 2.48. The van der Waals surface area contributed by atoms with E-state index in [9.17, 15) is 4.79 Å². The van der Waals surface area contributed by atoms with Gasteiger partial charge in [0, 0.05) is 18.7 Å². The van der Waals surface area contributed by atoms with Crippen LogP contribution < -0.4 is 10.1 Å². The van der Waals surface area contributed by atoms with Crippen LogP contribution in [0.3, 0.4) is 0 Å². The fourth-order valence-corrected chi connectivity index (χ4v) is 1.64. The quantitative estimate of drug-likeness (QED) is 0.888. The summed E-state index contributed by atoms with van der Waals surface area (Å²) in [5.74, 6) is 1.43. The molecule has 1 amide bonds. The van der Waals surface area contributed by atoms with Crippen LogP contribution in [-0.2, 0) is 4.79 Å². The maximum atomic E-state index is 11.0. The number of anilines is 1. The van der Waals surface area contributed by atoms with E-state index >= 15 is 0 Å². The average Bonchev–Trinajstić information content (AvgIpc) is 2.32. The first kappa shape index (κ1) is 12.2. The van der Waals surface area contributed by atoms with Gasteiger partial charge in [-0.05, 0) is 30.7 Å². The van der Waals surface area contributed by atoms with Crippen molar-refractivity contribution in [1.29, 1.82) is 0 Å². The molecule has 0 saturated heterocycles. The summed E-state index contributed by atoms with van der Waals surface area (Å²) < 4.78 is 5.78. The number of hydrogen-bond donors (Lipinski definition) is 1. The van der Waals surface area contributed by atoms with Crippen molar-refractivity contribution in [2.75, 3.05) is 5.32 Å². The molecule has 18 heavy (non-hydrogen) atoms. The average molecular weight is 241 g/mol. The molecule has 0 atom stereocenters. The fourth-order valence-electron chi connectivity index (χ4n) is 1.64. The Labute approximate surface area is 106 Å². The molecule has 92 valence electrons. The van der Waals surface area contributed by atoms with Crippen LogP contribution in [0.25, 0.3) is 0 Å². The standard InChI is InChI=1S/C15H15NO2/c1-11-6-3-4-9-15(11)18-14-8-5-7-13(10-14)16-12(2)17/h3-10H,1-2H3,(H,16,17). The van der Waals surface area contributed by atoms with Crippen LogP contribution in [0.15, 0.2) is 48.5 Å². The van der Waals surface area contributed by atoms with E-state index in [-0.39, 0.29) is 5.91 Å². The third-order valence-electron chi connectivity index (χ3n) is 2.48. The van der Waals surface area contributed by atoms with E-state index in [4.69, 9.17) is 4.74 Å². The van der Waals surface area contributed by atoms with Crippen molar-refractivity contribution in [3.8, 4) is 11.5 Å². The zero-order chi connectivity index (χ0) is 13.0. The van der Waals surface area contributed by atoms with Gasteiger partial charge < -0.3 is 10.1 Å². The topological polar surface area (TPSA) is 38.3 Å². The van der Waals surface area contributed by atoms with E-state index < -0.39 is 0 Å². The predicted molar refractivity (Wildman–Crippen MR) is 72.0 cm³/mol. The molecule has 3 nitrogen and oxygen atoms in total. The zero-order valence-electron chi connectivity index (χ0n) is 10.4. The smallest absolute Gasteiger partial charge is 0.221 e. The third kappa shape index (κ3) is 3.10. The van der Waals surface area contributed by atoms with Crippen LogP contribution in [0.5, 0.6) is 11.5 Å². The molecule has 0 aromatic heterocycles.